The molecule has 0 N–H and O–H groups in total. The topological polar surface area (TPSA) is 75.3 Å². The van der Waals surface area contributed by atoms with Crippen LogP contribution in [0.25, 0.3) is 5.65 Å². The van der Waals surface area contributed by atoms with Gasteiger partial charge in [0.15, 0.2) is 5.65 Å². The molecule has 0 amide bonds. The van der Waals surface area contributed by atoms with Crippen LogP contribution in [-0.2, 0) is 6.54 Å². The maximum absolute atomic E-state index is 4.52. The SMILES string of the molecule is Cc1cncc(CN(C)C2CN(c3ccc4nncn4n3)C2)n1. The Morgan fingerprint density at radius 2 is 2.13 bits per heavy atom. The number of anilines is 1. The molecule has 8 nitrogen and oxygen atoms in total. The lowest BCUT2D eigenvalue weighted by Crippen LogP contribution is -2.58. The van der Waals surface area contributed by atoms with Crippen molar-refractivity contribution in [1.29, 1.82) is 0 Å². The molecule has 118 valence electrons. The Hall–Kier alpha value is -2.61. The van der Waals surface area contributed by atoms with E-state index in [1.54, 1.807) is 17.0 Å². The van der Waals surface area contributed by atoms with Crippen molar-refractivity contribution in [3.05, 3.63) is 42.2 Å². The highest BCUT2D eigenvalue weighted by atomic mass is 15.4. The van der Waals surface area contributed by atoms with Crippen LogP contribution in [-0.4, -0.2) is 60.9 Å². The molecular formula is C15H18N8. The fraction of sp³-hybridized carbons (Fsp3) is 0.400. The number of likely N-dealkylation sites (N-methyl/N-ethyl adjacent to an activating group) is 1. The number of nitrogens with zero attached hydrogens (tertiary/aromatic N) is 8. The summed E-state index contributed by atoms with van der Waals surface area (Å²) in [6.07, 6.45) is 5.24. The van der Waals surface area contributed by atoms with E-state index in [2.05, 4.69) is 42.1 Å². The van der Waals surface area contributed by atoms with Crippen molar-refractivity contribution in [2.45, 2.75) is 19.5 Å². The molecule has 4 heterocycles. The Kier molecular flexibility index (Phi) is 3.38. The summed E-state index contributed by atoms with van der Waals surface area (Å²) in [7, 11) is 2.13. The number of aromatic nitrogens is 6. The highest BCUT2D eigenvalue weighted by Gasteiger charge is 2.31. The highest BCUT2D eigenvalue weighted by Crippen LogP contribution is 2.22. The smallest absolute Gasteiger partial charge is 0.177 e. The maximum Gasteiger partial charge on any atom is 0.177 e. The van der Waals surface area contributed by atoms with Crippen molar-refractivity contribution in [2.75, 3.05) is 25.0 Å². The summed E-state index contributed by atoms with van der Waals surface area (Å²) >= 11 is 0. The minimum Gasteiger partial charge on any atom is -0.352 e. The third-order valence-electron chi connectivity index (χ3n) is 4.17. The zero-order valence-corrected chi connectivity index (χ0v) is 13.2. The highest BCUT2D eigenvalue weighted by molar-refractivity contribution is 5.47. The Balaban J connectivity index is 1.38. The summed E-state index contributed by atoms with van der Waals surface area (Å²) < 4.78 is 1.70. The molecule has 0 unspecified atom stereocenters. The Bertz CT molecular complexity index is 823. The van der Waals surface area contributed by atoms with E-state index in [-0.39, 0.29) is 0 Å². The quantitative estimate of drug-likeness (QED) is 0.696. The van der Waals surface area contributed by atoms with Crippen molar-refractivity contribution >= 4 is 11.5 Å². The lowest BCUT2D eigenvalue weighted by molar-refractivity contribution is 0.194. The maximum atomic E-state index is 4.52. The average molecular weight is 310 g/mol. The predicted octanol–water partition coefficient (Wildman–Crippen LogP) is 0.543. The van der Waals surface area contributed by atoms with Crippen LogP contribution in [0.1, 0.15) is 11.4 Å². The molecule has 8 heteroatoms. The third kappa shape index (κ3) is 2.72. The van der Waals surface area contributed by atoms with Crippen LogP contribution in [0.2, 0.25) is 0 Å². The van der Waals surface area contributed by atoms with Crippen LogP contribution < -0.4 is 4.90 Å². The van der Waals surface area contributed by atoms with Crippen LogP contribution in [0, 0.1) is 6.92 Å². The summed E-state index contributed by atoms with van der Waals surface area (Å²) in [5.41, 5.74) is 2.73. The molecule has 0 aliphatic carbocycles. The Morgan fingerprint density at radius 3 is 2.96 bits per heavy atom. The van der Waals surface area contributed by atoms with Crippen molar-refractivity contribution in [1.82, 2.24) is 34.7 Å². The second-order valence-corrected chi connectivity index (χ2v) is 5.95. The van der Waals surface area contributed by atoms with Gasteiger partial charge in [-0.1, -0.05) is 0 Å². The van der Waals surface area contributed by atoms with Gasteiger partial charge in [-0.25, -0.2) is 0 Å². The lowest BCUT2D eigenvalue weighted by atomic mass is 10.1. The molecule has 3 aromatic rings. The van der Waals surface area contributed by atoms with Gasteiger partial charge in [0.05, 0.1) is 11.4 Å². The summed E-state index contributed by atoms with van der Waals surface area (Å²) in [5.74, 6) is 0.956. The molecule has 0 spiro atoms. The Labute approximate surface area is 133 Å². The summed E-state index contributed by atoms with van der Waals surface area (Å²) in [4.78, 5) is 13.3. The zero-order valence-electron chi connectivity index (χ0n) is 13.2. The van der Waals surface area contributed by atoms with Crippen molar-refractivity contribution in [3.63, 3.8) is 0 Å². The largest absolute Gasteiger partial charge is 0.352 e. The number of hydrogen-bond donors (Lipinski definition) is 0. The molecule has 3 aromatic heterocycles. The Morgan fingerprint density at radius 1 is 1.26 bits per heavy atom. The van der Waals surface area contributed by atoms with Crippen LogP contribution >= 0.6 is 0 Å². The molecule has 23 heavy (non-hydrogen) atoms. The second kappa shape index (κ2) is 5.54. The third-order valence-corrected chi connectivity index (χ3v) is 4.17. The van der Waals surface area contributed by atoms with Gasteiger partial charge in [-0.2, -0.15) is 4.52 Å². The molecular weight excluding hydrogens is 292 g/mol. The first-order valence-corrected chi connectivity index (χ1v) is 7.59. The molecule has 0 atom stereocenters. The van der Waals surface area contributed by atoms with Gasteiger partial charge in [0.1, 0.15) is 12.1 Å². The molecule has 1 saturated heterocycles. The molecule has 1 aliphatic rings. The van der Waals surface area contributed by atoms with Crippen molar-refractivity contribution in [3.8, 4) is 0 Å². The van der Waals surface area contributed by atoms with Crippen LogP contribution in [0.3, 0.4) is 0 Å². The molecule has 0 saturated carbocycles. The van der Waals surface area contributed by atoms with Gasteiger partial charge >= 0.3 is 0 Å². The predicted molar refractivity (Wildman–Crippen MR) is 85.0 cm³/mol. The molecule has 0 bridgehead atoms. The molecule has 1 fully saturated rings. The fourth-order valence-corrected chi connectivity index (χ4v) is 2.78. The first kappa shape index (κ1) is 14.0. The lowest BCUT2D eigenvalue weighted by Gasteiger charge is -2.44. The van der Waals surface area contributed by atoms with Gasteiger partial charge in [-0.05, 0) is 26.1 Å². The van der Waals surface area contributed by atoms with E-state index in [1.165, 1.54) is 0 Å². The molecule has 0 aromatic carbocycles. The van der Waals surface area contributed by atoms with E-state index in [1.807, 2.05) is 25.3 Å². The zero-order chi connectivity index (χ0) is 15.8. The summed E-state index contributed by atoms with van der Waals surface area (Å²) in [5, 5.41) is 12.3. The molecule has 1 aliphatic heterocycles. The van der Waals surface area contributed by atoms with E-state index < -0.39 is 0 Å². The van der Waals surface area contributed by atoms with Crippen LogP contribution in [0.4, 0.5) is 5.82 Å². The van der Waals surface area contributed by atoms with Gasteiger partial charge < -0.3 is 4.90 Å². The van der Waals surface area contributed by atoms with Crippen LogP contribution in [0.5, 0.6) is 0 Å². The second-order valence-electron chi connectivity index (χ2n) is 5.95. The number of fused-ring (bicyclic) bond motifs is 1. The first-order valence-electron chi connectivity index (χ1n) is 7.59. The van der Waals surface area contributed by atoms with E-state index in [0.29, 0.717) is 6.04 Å². The summed E-state index contributed by atoms with van der Waals surface area (Å²) in [6, 6.07) is 4.43. The van der Waals surface area contributed by atoms with Gasteiger partial charge in [0, 0.05) is 38.1 Å². The minimum absolute atomic E-state index is 0.496. The molecule has 4 rings (SSSR count). The van der Waals surface area contributed by atoms with Crippen molar-refractivity contribution < 1.29 is 0 Å². The standard InChI is InChI=1S/C15H18N8/c1-11-5-16-6-12(18-11)7-21(2)13-8-22(9-13)15-4-3-14-19-17-10-23(14)20-15/h3-6,10,13H,7-9H2,1-2H3. The first-order chi connectivity index (χ1) is 11.2. The summed E-state index contributed by atoms with van der Waals surface area (Å²) in [6.45, 7) is 4.69. The van der Waals surface area contributed by atoms with Gasteiger partial charge in [0.2, 0.25) is 0 Å². The normalized spacial score (nSPS) is 15.3. The monoisotopic (exact) mass is 310 g/mol. The van der Waals surface area contributed by atoms with E-state index in [0.717, 1.165) is 42.5 Å². The van der Waals surface area contributed by atoms with Gasteiger partial charge in [-0.15, -0.1) is 15.3 Å². The van der Waals surface area contributed by atoms with Crippen molar-refractivity contribution in [2.24, 2.45) is 0 Å². The molecule has 0 radical (unpaired) electrons. The number of aryl methyl sites for hydroxylation is 1. The fourth-order valence-electron chi connectivity index (χ4n) is 2.78. The van der Waals surface area contributed by atoms with E-state index >= 15 is 0 Å². The average Bonchev–Trinajstić information content (AvgIpc) is 2.93. The van der Waals surface area contributed by atoms with Crippen LogP contribution in [0.15, 0.2) is 30.9 Å². The van der Waals surface area contributed by atoms with Gasteiger partial charge in [-0.3, -0.25) is 14.9 Å². The minimum atomic E-state index is 0.496. The number of hydrogen-bond acceptors (Lipinski definition) is 7. The van der Waals surface area contributed by atoms with E-state index in [4.69, 9.17) is 0 Å². The van der Waals surface area contributed by atoms with E-state index in [9.17, 15) is 0 Å². The van der Waals surface area contributed by atoms with Gasteiger partial charge in [0.25, 0.3) is 0 Å². The number of rotatable bonds is 4.